The smallest absolute Gasteiger partial charge is 0.253 e. The number of amides is 1. The molecule has 29 heavy (non-hydrogen) atoms. The number of para-hydroxylation sites is 2. The minimum absolute atomic E-state index is 0.125. The molecule has 3 rings (SSSR count). The normalized spacial score (nSPS) is 12.2. The molecule has 5 heteroatoms. The zero-order valence-corrected chi connectivity index (χ0v) is 17.6. The van der Waals surface area contributed by atoms with Gasteiger partial charge >= 0.3 is 0 Å². The minimum atomic E-state index is -0.181. The summed E-state index contributed by atoms with van der Waals surface area (Å²) in [5, 5.41) is 3.08. The van der Waals surface area contributed by atoms with Gasteiger partial charge in [0.1, 0.15) is 5.82 Å². The largest absolute Gasteiger partial charge is 0.342 e. The first-order valence-electron chi connectivity index (χ1n) is 10.9. The molecule has 0 fully saturated rings. The number of carbonyl (C=O) groups excluding carboxylic acids is 1. The number of unbranched alkanes of at least 4 members (excludes halogenated alkanes) is 6. The first kappa shape index (κ1) is 21.0. The second-order valence-electron chi connectivity index (χ2n) is 7.67. The average Bonchev–Trinajstić information content (AvgIpc) is 3.12. The van der Waals surface area contributed by atoms with Crippen LogP contribution in [-0.4, -0.2) is 20.4 Å². The van der Waals surface area contributed by atoms with Crippen molar-refractivity contribution in [2.24, 2.45) is 0 Å². The minimum Gasteiger partial charge on any atom is -0.342 e. The summed E-state index contributed by atoms with van der Waals surface area (Å²) >= 11 is 0. The highest BCUT2D eigenvalue weighted by Crippen LogP contribution is 2.22. The first-order chi connectivity index (χ1) is 14.2. The Labute approximate surface area is 173 Å². The summed E-state index contributed by atoms with van der Waals surface area (Å²) in [6.07, 6.45) is 12.2. The van der Waals surface area contributed by atoms with Crippen molar-refractivity contribution in [3.63, 3.8) is 0 Å². The van der Waals surface area contributed by atoms with Crippen molar-refractivity contribution in [3.05, 3.63) is 60.2 Å². The van der Waals surface area contributed by atoms with Crippen molar-refractivity contribution >= 4 is 16.9 Å². The van der Waals surface area contributed by atoms with Crippen molar-refractivity contribution in [2.45, 2.75) is 71.4 Å². The van der Waals surface area contributed by atoms with E-state index < -0.39 is 0 Å². The Kier molecular flexibility index (Phi) is 7.79. The van der Waals surface area contributed by atoms with Gasteiger partial charge < -0.3 is 9.88 Å². The fraction of sp³-hybridized carbons (Fsp3) is 0.458. The summed E-state index contributed by atoms with van der Waals surface area (Å²) < 4.78 is 2.27. The van der Waals surface area contributed by atoms with Crippen molar-refractivity contribution in [1.82, 2.24) is 19.9 Å². The van der Waals surface area contributed by atoms with Gasteiger partial charge in [-0.3, -0.25) is 9.78 Å². The van der Waals surface area contributed by atoms with Gasteiger partial charge in [-0.05, 0) is 37.6 Å². The van der Waals surface area contributed by atoms with Gasteiger partial charge in [0, 0.05) is 18.9 Å². The molecule has 5 nitrogen and oxygen atoms in total. The van der Waals surface area contributed by atoms with Gasteiger partial charge in [0.25, 0.3) is 5.91 Å². The van der Waals surface area contributed by atoms with E-state index >= 15 is 0 Å². The monoisotopic (exact) mass is 392 g/mol. The van der Waals surface area contributed by atoms with Gasteiger partial charge in [0.05, 0.1) is 22.6 Å². The van der Waals surface area contributed by atoms with Crippen LogP contribution in [0.1, 0.15) is 81.0 Å². The van der Waals surface area contributed by atoms with Crippen LogP contribution < -0.4 is 5.32 Å². The number of nitrogens with one attached hydrogen (secondary N) is 1. The van der Waals surface area contributed by atoms with E-state index in [2.05, 4.69) is 27.9 Å². The van der Waals surface area contributed by atoms with E-state index in [0.29, 0.717) is 5.56 Å². The molecule has 154 valence electrons. The maximum Gasteiger partial charge on any atom is 0.253 e. The fourth-order valence-electron chi connectivity index (χ4n) is 3.73. The van der Waals surface area contributed by atoms with Crippen molar-refractivity contribution in [3.8, 4) is 0 Å². The van der Waals surface area contributed by atoms with Crippen LogP contribution in [-0.2, 0) is 6.54 Å². The third-order valence-electron chi connectivity index (χ3n) is 5.33. The Balaban J connectivity index is 1.68. The molecule has 2 heterocycles. The maximum atomic E-state index is 12.6. The summed E-state index contributed by atoms with van der Waals surface area (Å²) in [4.78, 5) is 21.4. The number of aryl methyl sites for hydroxylation is 1. The topological polar surface area (TPSA) is 59.8 Å². The van der Waals surface area contributed by atoms with Crippen LogP contribution in [0.15, 0.2) is 48.8 Å². The number of hydrogen-bond acceptors (Lipinski definition) is 3. The van der Waals surface area contributed by atoms with E-state index in [4.69, 9.17) is 4.98 Å². The van der Waals surface area contributed by atoms with Crippen LogP contribution in [0, 0.1) is 0 Å². The van der Waals surface area contributed by atoms with E-state index in [1.54, 1.807) is 24.5 Å². The lowest BCUT2D eigenvalue weighted by Crippen LogP contribution is -2.28. The lowest BCUT2D eigenvalue weighted by molar-refractivity contribution is 0.0937. The predicted molar refractivity (Wildman–Crippen MR) is 118 cm³/mol. The number of fused-ring (bicyclic) bond motifs is 1. The molecular weight excluding hydrogens is 360 g/mol. The second-order valence-corrected chi connectivity index (χ2v) is 7.67. The summed E-state index contributed by atoms with van der Waals surface area (Å²) in [6, 6.07) is 11.6. The number of hydrogen-bond donors (Lipinski definition) is 1. The standard InChI is InChI=1S/C24H32N4O/c1-3-4-5-6-7-8-11-17-28-22-15-10-9-14-21(22)27-23(28)19(2)26-24(29)20-13-12-16-25-18-20/h9-10,12-16,18-19H,3-8,11,17H2,1-2H3,(H,26,29). The molecule has 0 saturated carbocycles. The van der Waals surface area contributed by atoms with Crippen LogP contribution in [0.4, 0.5) is 0 Å². The lowest BCUT2D eigenvalue weighted by Gasteiger charge is -2.16. The Morgan fingerprint density at radius 1 is 1.03 bits per heavy atom. The Bertz CT molecular complexity index is 904. The lowest BCUT2D eigenvalue weighted by atomic mass is 10.1. The average molecular weight is 393 g/mol. The number of imidazole rings is 1. The Hall–Kier alpha value is -2.69. The highest BCUT2D eigenvalue weighted by atomic mass is 16.1. The van der Waals surface area contributed by atoms with Gasteiger partial charge in [-0.15, -0.1) is 0 Å². The van der Waals surface area contributed by atoms with E-state index in [0.717, 1.165) is 29.8 Å². The second kappa shape index (κ2) is 10.7. The molecule has 0 radical (unpaired) electrons. The molecule has 0 aliphatic heterocycles. The van der Waals surface area contributed by atoms with Crippen molar-refractivity contribution < 1.29 is 4.79 Å². The summed E-state index contributed by atoms with van der Waals surface area (Å²) in [5.41, 5.74) is 2.68. The number of pyridine rings is 1. The molecule has 1 aromatic carbocycles. The van der Waals surface area contributed by atoms with Crippen LogP contribution in [0.5, 0.6) is 0 Å². The summed E-state index contributed by atoms with van der Waals surface area (Å²) in [6.45, 7) is 5.17. The van der Waals surface area contributed by atoms with E-state index in [-0.39, 0.29) is 11.9 Å². The fourth-order valence-corrected chi connectivity index (χ4v) is 3.73. The van der Waals surface area contributed by atoms with E-state index in [1.165, 1.54) is 38.5 Å². The molecule has 1 unspecified atom stereocenters. The molecular formula is C24H32N4O. The third-order valence-corrected chi connectivity index (χ3v) is 5.33. The molecule has 0 saturated heterocycles. The van der Waals surface area contributed by atoms with Gasteiger partial charge in [-0.25, -0.2) is 4.98 Å². The third kappa shape index (κ3) is 5.66. The number of aromatic nitrogens is 3. The van der Waals surface area contributed by atoms with Gasteiger partial charge in [-0.1, -0.05) is 57.6 Å². The maximum absolute atomic E-state index is 12.6. The van der Waals surface area contributed by atoms with Crippen LogP contribution >= 0.6 is 0 Å². The van der Waals surface area contributed by atoms with Gasteiger partial charge in [0.2, 0.25) is 0 Å². The highest BCUT2D eigenvalue weighted by Gasteiger charge is 2.19. The number of carbonyl (C=O) groups is 1. The van der Waals surface area contributed by atoms with Crippen LogP contribution in [0.3, 0.4) is 0 Å². The Morgan fingerprint density at radius 3 is 2.55 bits per heavy atom. The molecule has 1 amide bonds. The highest BCUT2D eigenvalue weighted by molar-refractivity contribution is 5.94. The molecule has 0 aliphatic rings. The predicted octanol–water partition coefficient (Wildman–Crippen LogP) is 5.67. The molecule has 1 N–H and O–H groups in total. The quantitative estimate of drug-likeness (QED) is 0.428. The molecule has 2 aromatic heterocycles. The summed E-state index contributed by atoms with van der Waals surface area (Å²) in [7, 11) is 0. The number of benzene rings is 1. The SMILES string of the molecule is CCCCCCCCCn1c(C(C)NC(=O)c2cccnc2)nc2ccccc21. The van der Waals surface area contributed by atoms with Gasteiger partial charge in [-0.2, -0.15) is 0 Å². The molecule has 1 atom stereocenters. The summed E-state index contributed by atoms with van der Waals surface area (Å²) in [5.74, 6) is 0.787. The van der Waals surface area contributed by atoms with Crippen LogP contribution in [0.25, 0.3) is 11.0 Å². The number of nitrogens with zero attached hydrogens (tertiary/aromatic N) is 3. The Morgan fingerprint density at radius 2 is 1.79 bits per heavy atom. The zero-order valence-electron chi connectivity index (χ0n) is 17.6. The molecule has 3 aromatic rings. The molecule has 0 aliphatic carbocycles. The van der Waals surface area contributed by atoms with Crippen molar-refractivity contribution in [2.75, 3.05) is 0 Å². The van der Waals surface area contributed by atoms with E-state index in [9.17, 15) is 4.79 Å². The first-order valence-corrected chi connectivity index (χ1v) is 10.9. The van der Waals surface area contributed by atoms with Crippen LogP contribution in [0.2, 0.25) is 0 Å². The molecule has 0 bridgehead atoms. The van der Waals surface area contributed by atoms with E-state index in [1.807, 2.05) is 25.1 Å². The number of rotatable bonds is 11. The van der Waals surface area contributed by atoms with Gasteiger partial charge in [0.15, 0.2) is 0 Å². The van der Waals surface area contributed by atoms with Crippen molar-refractivity contribution in [1.29, 1.82) is 0 Å². The molecule has 0 spiro atoms. The zero-order chi connectivity index (χ0) is 20.5.